The number of aromatic hydroxyl groups is 1. The molecule has 2 rings (SSSR count). The van der Waals surface area contributed by atoms with Gasteiger partial charge >= 0.3 is 7.12 Å². The van der Waals surface area contributed by atoms with Crippen molar-refractivity contribution in [3.8, 4) is 5.75 Å². The van der Waals surface area contributed by atoms with Crippen LogP contribution in [-0.4, -0.2) is 29.5 Å². The predicted octanol–water partition coefficient (Wildman–Crippen LogP) is 1.58. The van der Waals surface area contributed by atoms with Crippen LogP contribution in [0.25, 0.3) is 0 Å². The first-order valence-corrected chi connectivity index (χ1v) is 7.05. The van der Waals surface area contributed by atoms with E-state index in [1.165, 1.54) is 0 Å². The van der Waals surface area contributed by atoms with Gasteiger partial charge in [0.25, 0.3) is 0 Å². The molecule has 0 aliphatic carbocycles. The van der Waals surface area contributed by atoms with Gasteiger partial charge < -0.3 is 20.1 Å². The lowest BCUT2D eigenvalue weighted by atomic mass is 9.77. The molecule has 5 heteroatoms. The molecule has 1 aromatic rings. The van der Waals surface area contributed by atoms with Gasteiger partial charge in [0.15, 0.2) is 0 Å². The third-order valence-corrected chi connectivity index (χ3v) is 4.16. The quantitative estimate of drug-likeness (QED) is 0.823. The molecule has 1 saturated heterocycles. The maximum Gasteiger partial charge on any atom is 0.498 e. The van der Waals surface area contributed by atoms with E-state index in [1.807, 2.05) is 46.8 Å². The standard InChI is InChI=1S/C15H24BNO3/c1-10(17)8-11-6-7-13(18)12(9-11)16-19-14(2,3)15(4,5)20-16/h6-7,9-10,18H,8,17H2,1-5H3. The van der Waals surface area contributed by atoms with Crippen LogP contribution in [0.5, 0.6) is 5.75 Å². The highest BCUT2D eigenvalue weighted by Crippen LogP contribution is 2.37. The first-order valence-electron chi connectivity index (χ1n) is 7.05. The highest BCUT2D eigenvalue weighted by molar-refractivity contribution is 6.63. The zero-order valence-corrected chi connectivity index (χ0v) is 12.9. The Kier molecular flexibility index (Phi) is 3.89. The van der Waals surface area contributed by atoms with Gasteiger partial charge in [0.05, 0.1) is 11.2 Å². The summed E-state index contributed by atoms with van der Waals surface area (Å²) in [5.74, 6) is 0.192. The number of phenols is 1. The topological polar surface area (TPSA) is 64.7 Å². The van der Waals surface area contributed by atoms with Crippen LogP contribution >= 0.6 is 0 Å². The third kappa shape index (κ3) is 2.85. The van der Waals surface area contributed by atoms with Crippen LogP contribution in [0.3, 0.4) is 0 Å². The van der Waals surface area contributed by atoms with Crippen LogP contribution in [0.15, 0.2) is 18.2 Å². The maximum atomic E-state index is 10.1. The van der Waals surface area contributed by atoms with E-state index in [1.54, 1.807) is 6.07 Å². The Morgan fingerprint density at radius 1 is 1.20 bits per heavy atom. The van der Waals surface area contributed by atoms with E-state index in [4.69, 9.17) is 15.0 Å². The maximum absolute atomic E-state index is 10.1. The number of nitrogens with two attached hydrogens (primary N) is 1. The van der Waals surface area contributed by atoms with Gasteiger partial charge in [-0.3, -0.25) is 0 Å². The Labute approximate surface area is 121 Å². The lowest BCUT2D eigenvalue weighted by molar-refractivity contribution is 0.00578. The molecule has 0 spiro atoms. The van der Waals surface area contributed by atoms with Gasteiger partial charge in [-0.1, -0.05) is 12.1 Å². The summed E-state index contributed by atoms with van der Waals surface area (Å²) in [6.07, 6.45) is 0.757. The number of benzene rings is 1. The van der Waals surface area contributed by atoms with Crippen molar-refractivity contribution in [2.75, 3.05) is 0 Å². The Morgan fingerprint density at radius 2 is 1.75 bits per heavy atom. The molecule has 0 radical (unpaired) electrons. The lowest BCUT2D eigenvalue weighted by Gasteiger charge is -2.32. The zero-order valence-electron chi connectivity index (χ0n) is 12.9. The number of phenolic OH excluding ortho intramolecular Hbond substituents is 1. The molecule has 1 aliphatic rings. The van der Waals surface area contributed by atoms with Crippen LogP contribution in [0.4, 0.5) is 0 Å². The van der Waals surface area contributed by atoms with E-state index in [2.05, 4.69) is 0 Å². The van der Waals surface area contributed by atoms with E-state index >= 15 is 0 Å². The Morgan fingerprint density at radius 3 is 2.25 bits per heavy atom. The summed E-state index contributed by atoms with van der Waals surface area (Å²) in [6, 6.07) is 5.55. The second-order valence-corrected chi connectivity index (χ2v) is 6.66. The molecule has 1 fully saturated rings. The molecular formula is C15H24BNO3. The van der Waals surface area contributed by atoms with Crippen LogP contribution in [0, 0.1) is 0 Å². The molecule has 1 aliphatic heterocycles. The first-order chi connectivity index (χ1) is 9.12. The van der Waals surface area contributed by atoms with Crippen molar-refractivity contribution in [1.29, 1.82) is 0 Å². The molecule has 0 bridgehead atoms. The molecule has 0 saturated carbocycles. The minimum absolute atomic E-state index is 0.0747. The van der Waals surface area contributed by atoms with Crippen molar-refractivity contribution in [2.24, 2.45) is 5.73 Å². The van der Waals surface area contributed by atoms with Crippen molar-refractivity contribution >= 4 is 12.6 Å². The van der Waals surface area contributed by atoms with Gasteiger partial charge in [0.1, 0.15) is 5.75 Å². The molecule has 0 amide bonds. The van der Waals surface area contributed by atoms with Crippen LogP contribution < -0.4 is 11.2 Å². The molecule has 0 aromatic heterocycles. The highest BCUT2D eigenvalue weighted by atomic mass is 16.7. The fraction of sp³-hybridized carbons (Fsp3) is 0.600. The molecular weight excluding hydrogens is 253 g/mol. The van der Waals surface area contributed by atoms with Gasteiger partial charge in [-0.05, 0) is 52.7 Å². The molecule has 20 heavy (non-hydrogen) atoms. The fourth-order valence-electron chi connectivity index (χ4n) is 2.26. The number of hydrogen-bond acceptors (Lipinski definition) is 4. The van der Waals surface area contributed by atoms with Crippen molar-refractivity contribution in [1.82, 2.24) is 0 Å². The Balaban J connectivity index is 2.30. The van der Waals surface area contributed by atoms with Gasteiger partial charge in [0, 0.05) is 11.5 Å². The number of hydrogen-bond donors (Lipinski definition) is 2. The summed E-state index contributed by atoms with van der Waals surface area (Å²) in [5, 5.41) is 10.1. The van der Waals surface area contributed by atoms with Crippen LogP contribution in [-0.2, 0) is 15.7 Å². The summed E-state index contributed by atoms with van der Waals surface area (Å²) >= 11 is 0. The second-order valence-electron chi connectivity index (χ2n) is 6.66. The fourth-order valence-corrected chi connectivity index (χ4v) is 2.26. The molecule has 1 heterocycles. The van der Waals surface area contributed by atoms with E-state index in [0.29, 0.717) is 5.46 Å². The minimum Gasteiger partial charge on any atom is -0.508 e. The van der Waals surface area contributed by atoms with E-state index < -0.39 is 18.3 Å². The average molecular weight is 277 g/mol. The minimum atomic E-state index is -0.548. The van der Waals surface area contributed by atoms with Gasteiger partial charge in [-0.15, -0.1) is 0 Å². The molecule has 3 N–H and O–H groups in total. The van der Waals surface area contributed by atoms with Crippen LogP contribution in [0.1, 0.15) is 40.2 Å². The molecule has 4 nitrogen and oxygen atoms in total. The third-order valence-electron chi connectivity index (χ3n) is 4.16. The molecule has 1 atom stereocenters. The SMILES string of the molecule is CC(N)Cc1ccc(O)c(B2OC(C)(C)C(C)(C)O2)c1. The smallest absolute Gasteiger partial charge is 0.498 e. The van der Waals surface area contributed by atoms with Gasteiger partial charge in [0.2, 0.25) is 0 Å². The van der Waals surface area contributed by atoms with Crippen molar-refractivity contribution in [3.05, 3.63) is 23.8 Å². The van der Waals surface area contributed by atoms with Gasteiger partial charge in [-0.2, -0.15) is 0 Å². The second kappa shape index (κ2) is 5.06. The zero-order chi connectivity index (χ0) is 15.1. The Bertz CT molecular complexity index is 484. The summed E-state index contributed by atoms with van der Waals surface area (Å²) in [5.41, 5.74) is 6.74. The van der Waals surface area contributed by atoms with Crippen LogP contribution in [0.2, 0.25) is 0 Å². The number of rotatable bonds is 3. The normalized spacial score (nSPS) is 22.0. The summed E-state index contributed by atoms with van der Waals surface area (Å²) in [7, 11) is -0.548. The van der Waals surface area contributed by atoms with Crippen molar-refractivity contribution in [3.63, 3.8) is 0 Å². The van der Waals surface area contributed by atoms with Crippen molar-refractivity contribution < 1.29 is 14.4 Å². The first kappa shape index (κ1) is 15.4. The van der Waals surface area contributed by atoms with Gasteiger partial charge in [-0.25, -0.2) is 0 Å². The molecule has 1 unspecified atom stereocenters. The van der Waals surface area contributed by atoms with E-state index in [-0.39, 0.29) is 11.8 Å². The lowest BCUT2D eigenvalue weighted by Crippen LogP contribution is -2.41. The van der Waals surface area contributed by atoms with Crippen molar-refractivity contribution in [2.45, 2.75) is 58.3 Å². The largest absolute Gasteiger partial charge is 0.508 e. The molecule has 110 valence electrons. The van der Waals surface area contributed by atoms with E-state index in [0.717, 1.165) is 12.0 Å². The monoisotopic (exact) mass is 277 g/mol. The summed E-state index contributed by atoms with van der Waals surface area (Å²) < 4.78 is 12.0. The summed E-state index contributed by atoms with van der Waals surface area (Å²) in [4.78, 5) is 0. The average Bonchev–Trinajstić information content (AvgIpc) is 2.50. The summed E-state index contributed by atoms with van der Waals surface area (Å²) in [6.45, 7) is 9.94. The van der Waals surface area contributed by atoms with E-state index in [9.17, 15) is 5.11 Å². The highest BCUT2D eigenvalue weighted by Gasteiger charge is 2.52. The predicted molar refractivity (Wildman–Crippen MR) is 81.2 cm³/mol. The molecule has 1 aromatic carbocycles. The Hall–Kier alpha value is -1.04.